The molecule has 45 heavy (non-hydrogen) atoms. The predicted molar refractivity (Wildman–Crippen MR) is 177 cm³/mol. The molecule has 8 bridgehead atoms. The Bertz CT molecular complexity index is 2190. The molecule has 0 N–H and O–H groups in total. The summed E-state index contributed by atoms with van der Waals surface area (Å²) in [4.78, 5) is 19.7. The zero-order chi connectivity index (χ0) is 30.2. The van der Waals surface area contributed by atoms with Crippen LogP contribution in [0.3, 0.4) is 0 Å². The van der Waals surface area contributed by atoms with Gasteiger partial charge in [-0.2, -0.15) is 10.5 Å². The Kier molecular flexibility index (Phi) is 7.80. The number of hydrogen-bond acceptors (Lipinski definition) is 4. The third-order valence-corrected chi connectivity index (χ3v) is 7.65. The molecule has 6 nitrogen and oxygen atoms in total. The van der Waals surface area contributed by atoms with E-state index in [1.165, 1.54) is 0 Å². The van der Waals surface area contributed by atoms with Crippen molar-refractivity contribution in [1.29, 1.82) is 10.5 Å². The molecule has 0 radical (unpaired) electrons. The molecule has 7 heteroatoms. The zero-order valence-electron chi connectivity index (χ0n) is 24.2. The van der Waals surface area contributed by atoms with Gasteiger partial charge < -0.3 is 9.97 Å². The zero-order valence-corrected chi connectivity index (χ0v) is 27.2. The summed E-state index contributed by atoms with van der Waals surface area (Å²) in [6.45, 7) is 7.83. The molecule has 0 aliphatic carbocycles. The molecule has 206 valence electrons. The fourth-order valence-corrected chi connectivity index (χ4v) is 5.55. The van der Waals surface area contributed by atoms with E-state index in [0.29, 0.717) is 56.0 Å². The van der Waals surface area contributed by atoms with Gasteiger partial charge in [-0.05, 0) is 69.8 Å². The maximum atomic E-state index is 10.3. The minimum Gasteiger partial charge on any atom is -0.656 e. The Morgan fingerprint density at radius 1 is 0.556 bits per heavy atom. The molecule has 3 aromatic heterocycles. The van der Waals surface area contributed by atoms with Gasteiger partial charge in [-0.25, -0.2) is 9.97 Å². The van der Waals surface area contributed by atoms with E-state index in [2.05, 4.69) is 25.3 Å². The molecule has 0 amide bonds. The molecule has 0 spiro atoms. The number of hydrogen-bond donors (Lipinski definition) is 0. The van der Waals surface area contributed by atoms with Gasteiger partial charge in [0.05, 0.1) is 33.9 Å². The Hall–Kier alpha value is -5.88. The number of fused-ring (bicyclic) bond motifs is 8. The van der Waals surface area contributed by atoms with Gasteiger partial charge in [-0.1, -0.05) is 86.0 Å². The van der Waals surface area contributed by atoms with Crippen molar-refractivity contribution in [1.82, 2.24) is 19.9 Å². The van der Waals surface area contributed by atoms with Gasteiger partial charge in [0.2, 0.25) is 0 Å². The Labute approximate surface area is 272 Å². The van der Waals surface area contributed by atoms with Crippen LogP contribution >= 0.6 is 0 Å². The average molecular weight is 628 g/mol. The van der Waals surface area contributed by atoms with Crippen molar-refractivity contribution in [3.8, 4) is 34.4 Å². The van der Waals surface area contributed by atoms with E-state index in [1.54, 1.807) is 12.2 Å². The molecular weight excluding hydrogens is 606 g/mol. The van der Waals surface area contributed by atoms with Gasteiger partial charge in [0.15, 0.2) is 0 Å². The van der Waals surface area contributed by atoms with Gasteiger partial charge in [0, 0.05) is 0 Å². The van der Waals surface area contributed by atoms with Crippen LogP contribution in [0, 0.1) is 22.7 Å². The summed E-state index contributed by atoms with van der Waals surface area (Å²) in [5.41, 5.74) is 10.6. The third-order valence-electron chi connectivity index (χ3n) is 7.65. The van der Waals surface area contributed by atoms with E-state index in [4.69, 9.17) is 19.9 Å². The molecule has 7 rings (SSSR count). The molecule has 0 fully saturated rings. The first-order valence-corrected chi connectivity index (χ1v) is 13.9. The van der Waals surface area contributed by atoms with Crippen molar-refractivity contribution in [2.45, 2.75) is 0 Å². The van der Waals surface area contributed by atoms with E-state index in [-0.39, 0.29) is 19.5 Å². The van der Waals surface area contributed by atoms with Crippen LogP contribution in [0.5, 0.6) is 0 Å². The monoisotopic (exact) mass is 626 g/mol. The van der Waals surface area contributed by atoms with Gasteiger partial charge in [0.25, 0.3) is 0 Å². The number of nitriles is 2. The number of benzene rings is 2. The van der Waals surface area contributed by atoms with Crippen LogP contribution in [-0.2, 0) is 19.5 Å². The summed E-state index contributed by atoms with van der Waals surface area (Å²) >= 11 is 0. The van der Waals surface area contributed by atoms with Gasteiger partial charge in [-0.15, -0.1) is 22.1 Å². The second-order valence-corrected chi connectivity index (χ2v) is 10.2. The summed E-state index contributed by atoms with van der Waals surface area (Å²) < 4.78 is 0. The van der Waals surface area contributed by atoms with Crippen LogP contribution in [-0.4, -0.2) is 9.97 Å². The summed E-state index contributed by atoms with van der Waals surface area (Å²) in [5, 5.41) is 20.6. The SMILES string of the molecule is C=Cc1cccc(-c2c3nc(c(C#N)c4ccc([n-]4)c(-c4cccc(C=C)c4)c4nc(c(C#N)c5ccc2[n-]5)C=C4)C=C3)c1.[Zn+2]. The summed E-state index contributed by atoms with van der Waals surface area (Å²) in [6.07, 6.45) is 11.0. The normalized spacial score (nSPS) is 11.3. The van der Waals surface area contributed by atoms with Gasteiger partial charge in [-0.3, -0.25) is 0 Å². The molecule has 0 unspecified atom stereocenters. The van der Waals surface area contributed by atoms with Crippen molar-refractivity contribution in [3.63, 3.8) is 0 Å². The maximum Gasteiger partial charge on any atom is 2.00 e. The first kappa shape index (κ1) is 29.2. The summed E-state index contributed by atoms with van der Waals surface area (Å²) in [5.74, 6) is 0. The van der Waals surface area contributed by atoms with Gasteiger partial charge >= 0.3 is 19.5 Å². The first-order chi connectivity index (χ1) is 21.6. The molecule has 0 saturated carbocycles. The topological polar surface area (TPSA) is 102 Å². The minimum atomic E-state index is 0. The fourth-order valence-electron chi connectivity index (χ4n) is 5.55. The quantitative estimate of drug-likeness (QED) is 0.182. The smallest absolute Gasteiger partial charge is 0.656 e. The van der Waals surface area contributed by atoms with Crippen molar-refractivity contribution < 1.29 is 19.5 Å². The second kappa shape index (κ2) is 12.0. The number of nitrogens with zero attached hydrogens (tertiary/aromatic N) is 6. The minimum absolute atomic E-state index is 0. The number of rotatable bonds is 4. The standard InChI is InChI=1S/C38H22N6.Zn/c1-3-23-7-5-9-25(19-23)37-33-15-11-29(41-33)27(21-39)31-13-17-35(43-31)38(26-10-6-8-24(4-2)20-26)36-18-14-32(44-36)28(22-40)30-12-16-34(37)42-30;/h3-20H,1-2H2;/q-2;+2. The Morgan fingerprint density at radius 3 is 1.36 bits per heavy atom. The number of aromatic nitrogens is 4. The van der Waals surface area contributed by atoms with E-state index in [1.807, 2.05) is 97.1 Å². The molecule has 2 aromatic carbocycles. The second-order valence-electron chi connectivity index (χ2n) is 10.2. The Morgan fingerprint density at radius 2 is 0.956 bits per heavy atom. The molecule has 5 heterocycles. The molecule has 0 saturated heterocycles. The Balaban J connectivity index is 0.00000357. The van der Waals surface area contributed by atoms with Gasteiger partial charge in [0.1, 0.15) is 12.1 Å². The first-order valence-electron chi connectivity index (χ1n) is 13.9. The van der Waals surface area contributed by atoms with Crippen LogP contribution in [0.15, 0.2) is 86.0 Å². The molecule has 2 aliphatic heterocycles. The molecule has 2 aliphatic rings. The van der Waals surface area contributed by atoms with Crippen molar-refractivity contribution >= 4 is 58.5 Å². The van der Waals surface area contributed by atoms with Crippen LogP contribution in [0.4, 0.5) is 0 Å². The maximum absolute atomic E-state index is 10.3. The molecular formula is C38H22N6Zn. The summed E-state index contributed by atoms with van der Waals surface area (Å²) in [7, 11) is 0. The fraction of sp³-hybridized carbons (Fsp3) is 0. The van der Waals surface area contributed by atoms with E-state index in [9.17, 15) is 10.5 Å². The van der Waals surface area contributed by atoms with Crippen molar-refractivity contribution in [2.24, 2.45) is 0 Å². The van der Waals surface area contributed by atoms with Crippen molar-refractivity contribution in [3.05, 3.63) is 131 Å². The molecule has 0 atom stereocenters. The summed E-state index contributed by atoms with van der Waals surface area (Å²) in [6, 6.07) is 28.0. The van der Waals surface area contributed by atoms with E-state index in [0.717, 1.165) is 33.4 Å². The van der Waals surface area contributed by atoms with Crippen LogP contribution in [0.1, 0.15) is 45.0 Å². The predicted octanol–water partition coefficient (Wildman–Crippen LogP) is 8.27. The largest absolute Gasteiger partial charge is 2.00 e. The van der Waals surface area contributed by atoms with Crippen LogP contribution in [0.2, 0.25) is 0 Å². The van der Waals surface area contributed by atoms with E-state index >= 15 is 0 Å². The van der Waals surface area contributed by atoms with E-state index < -0.39 is 0 Å². The van der Waals surface area contributed by atoms with Crippen molar-refractivity contribution in [2.75, 3.05) is 0 Å². The third kappa shape index (κ3) is 5.17. The van der Waals surface area contributed by atoms with Crippen LogP contribution in [0.25, 0.3) is 80.8 Å². The molecule has 5 aromatic rings. The van der Waals surface area contributed by atoms with Crippen LogP contribution < -0.4 is 9.97 Å². The average Bonchev–Trinajstić information content (AvgIpc) is 3.89.